The number of rotatable bonds is 6. The zero-order chi connectivity index (χ0) is 12.0. The van der Waals surface area contributed by atoms with E-state index in [-0.39, 0.29) is 0 Å². The molecule has 2 atom stereocenters. The molecule has 0 aromatic heterocycles. The molecule has 1 rings (SSSR count). The van der Waals surface area contributed by atoms with Gasteiger partial charge in [0.15, 0.2) is 0 Å². The van der Waals surface area contributed by atoms with Gasteiger partial charge in [-0.25, -0.2) is 0 Å². The van der Waals surface area contributed by atoms with Gasteiger partial charge in [0.05, 0.1) is 6.10 Å². The van der Waals surface area contributed by atoms with E-state index in [4.69, 9.17) is 4.74 Å². The van der Waals surface area contributed by atoms with Gasteiger partial charge in [-0.3, -0.25) is 0 Å². The molecule has 1 saturated carbocycles. The standard InChI is InChI=1S/C14H29NO/c1-5-13(16-6-2)14(15-4)12-9-7-11(3)8-10-12/h11-15H,5-10H2,1-4H3. The van der Waals surface area contributed by atoms with E-state index in [0.717, 1.165) is 24.9 Å². The molecular weight excluding hydrogens is 198 g/mol. The number of hydrogen-bond donors (Lipinski definition) is 1. The Hall–Kier alpha value is -0.0800. The predicted molar refractivity (Wildman–Crippen MR) is 69.7 cm³/mol. The van der Waals surface area contributed by atoms with Gasteiger partial charge < -0.3 is 10.1 Å². The van der Waals surface area contributed by atoms with Crippen molar-refractivity contribution in [2.24, 2.45) is 11.8 Å². The lowest BCUT2D eigenvalue weighted by Gasteiger charge is -2.36. The number of hydrogen-bond acceptors (Lipinski definition) is 2. The molecular formula is C14H29NO. The first kappa shape index (κ1) is 14.0. The molecule has 0 heterocycles. The highest BCUT2D eigenvalue weighted by Crippen LogP contribution is 2.32. The van der Waals surface area contributed by atoms with Crippen LogP contribution in [0.15, 0.2) is 0 Å². The van der Waals surface area contributed by atoms with Crippen LogP contribution in [0.4, 0.5) is 0 Å². The summed E-state index contributed by atoms with van der Waals surface area (Å²) < 4.78 is 5.86. The van der Waals surface area contributed by atoms with Crippen molar-refractivity contribution in [2.75, 3.05) is 13.7 Å². The Morgan fingerprint density at radius 3 is 2.25 bits per heavy atom. The molecule has 2 heteroatoms. The van der Waals surface area contributed by atoms with Gasteiger partial charge in [-0.05, 0) is 45.1 Å². The summed E-state index contributed by atoms with van der Waals surface area (Å²) in [7, 11) is 2.09. The third kappa shape index (κ3) is 3.74. The Morgan fingerprint density at radius 1 is 1.19 bits per heavy atom. The van der Waals surface area contributed by atoms with Crippen LogP contribution >= 0.6 is 0 Å². The molecule has 0 bridgehead atoms. The van der Waals surface area contributed by atoms with Crippen molar-refractivity contribution in [3.05, 3.63) is 0 Å². The van der Waals surface area contributed by atoms with Crippen LogP contribution in [-0.4, -0.2) is 25.8 Å². The van der Waals surface area contributed by atoms with Crippen molar-refractivity contribution >= 4 is 0 Å². The first-order valence-electron chi connectivity index (χ1n) is 7.01. The van der Waals surface area contributed by atoms with Crippen LogP contribution in [0.25, 0.3) is 0 Å². The van der Waals surface area contributed by atoms with Gasteiger partial charge in [-0.1, -0.05) is 26.7 Å². The van der Waals surface area contributed by atoms with E-state index < -0.39 is 0 Å². The molecule has 16 heavy (non-hydrogen) atoms. The summed E-state index contributed by atoms with van der Waals surface area (Å²) in [5, 5.41) is 3.50. The maximum Gasteiger partial charge on any atom is 0.0727 e. The third-order valence-corrected chi connectivity index (χ3v) is 4.09. The van der Waals surface area contributed by atoms with Crippen LogP contribution < -0.4 is 5.32 Å². The highest BCUT2D eigenvalue weighted by atomic mass is 16.5. The molecule has 2 unspecified atom stereocenters. The van der Waals surface area contributed by atoms with Crippen molar-refractivity contribution in [1.82, 2.24) is 5.32 Å². The lowest BCUT2D eigenvalue weighted by Crippen LogP contribution is -2.45. The van der Waals surface area contributed by atoms with Crippen LogP contribution in [0.5, 0.6) is 0 Å². The minimum Gasteiger partial charge on any atom is -0.377 e. The summed E-state index contributed by atoms with van der Waals surface area (Å²) in [5.41, 5.74) is 0. The van der Waals surface area contributed by atoms with E-state index in [1.54, 1.807) is 0 Å². The second-order valence-electron chi connectivity index (χ2n) is 5.24. The average Bonchev–Trinajstić information content (AvgIpc) is 2.31. The van der Waals surface area contributed by atoms with Crippen molar-refractivity contribution in [3.8, 4) is 0 Å². The maximum absolute atomic E-state index is 5.86. The SMILES string of the molecule is CCOC(CC)C(NC)C1CCC(C)CC1. The van der Waals surface area contributed by atoms with Gasteiger partial charge in [0.1, 0.15) is 0 Å². The monoisotopic (exact) mass is 227 g/mol. The second kappa shape index (κ2) is 7.29. The zero-order valence-corrected chi connectivity index (χ0v) is 11.5. The van der Waals surface area contributed by atoms with E-state index in [0.29, 0.717) is 12.1 Å². The van der Waals surface area contributed by atoms with E-state index in [1.165, 1.54) is 25.7 Å². The molecule has 0 radical (unpaired) electrons. The fraction of sp³-hybridized carbons (Fsp3) is 1.00. The molecule has 2 nitrogen and oxygen atoms in total. The minimum absolute atomic E-state index is 0.397. The molecule has 0 amide bonds. The Morgan fingerprint density at radius 2 is 1.81 bits per heavy atom. The third-order valence-electron chi connectivity index (χ3n) is 4.09. The molecule has 96 valence electrons. The van der Waals surface area contributed by atoms with Gasteiger partial charge in [0.25, 0.3) is 0 Å². The van der Waals surface area contributed by atoms with Crippen molar-refractivity contribution in [2.45, 2.75) is 65.0 Å². The largest absolute Gasteiger partial charge is 0.377 e. The lowest BCUT2D eigenvalue weighted by molar-refractivity contribution is 0.00949. The van der Waals surface area contributed by atoms with Gasteiger partial charge >= 0.3 is 0 Å². The topological polar surface area (TPSA) is 21.3 Å². The van der Waals surface area contributed by atoms with Crippen LogP contribution in [0.3, 0.4) is 0 Å². The second-order valence-corrected chi connectivity index (χ2v) is 5.24. The zero-order valence-electron chi connectivity index (χ0n) is 11.5. The Bertz CT molecular complexity index is 176. The highest BCUT2D eigenvalue weighted by molar-refractivity contribution is 4.85. The molecule has 0 aliphatic heterocycles. The molecule has 0 saturated heterocycles. The summed E-state index contributed by atoms with van der Waals surface area (Å²) >= 11 is 0. The molecule has 0 aromatic rings. The van der Waals surface area contributed by atoms with Crippen LogP contribution in [-0.2, 0) is 4.74 Å². The maximum atomic E-state index is 5.86. The van der Waals surface area contributed by atoms with E-state index in [2.05, 4.69) is 33.1 Å². The molecule has 1 aliphatic rings. The first-order chi connectivity index (χ1) is 7.72. The average molecular weight is 227 g/mol. The van der Waals surface area contributed by atoms with E-state index in [1.807, 2.05) is 0 Å². The number of nitrogens with one attached hydrogen (secondary N) is 1. The first-order valence-corrected chi connectivity index (χ1v) is 7.01. The van der Waals surface area contributed by atoms with Gasteiger partial charge in [0.2, 0.25) is 0 Å². The Kier molecular flexibility index (Phi) is 6.37. The van der Waals surface area contributed by atoms with E-state index >= 15 is 0 Å². The molecule has 1 aliphatic carbocycles. The van der Waals surface area contributed by atoms with Gasteiger partial charge in [0, 0.05) is 12.6 Å². The quantitative estimate of drug-likeness (QED) is 0.752. The van der Waals surface area contributed by atoms with Crippen molar-refractivity contribution in [3.63, 3.8) is 0 Å². The van der Waals surface area contributed by atoms with Crippen molar-refractivity contribution < 1.29 is 4.74 Å². The summed E-state index contributed by atoms with van der Waals surface area (Å²) in [6.07, 6.45) is 7.04. The minimum atomic E-state index is 0.397. The molecule has 1 N–H and O–H groups in total. The Balaban J connectivity index is 2.51. The van der Waals surface area contributed by atoms with Crippen LogP contribution in [0.2, 0.25) is 0 Å². The number of ether oxygens (including phenoxy) is 1. The Labute approximate surface area is 101 Å². The van der Waals surface area contributed by atoms with Crippen LogP contribution in [0, 0.1) is 11.8 Å². The summed E-state index contributed by atoms with van der Waals surface area (Å²) in [5.74, 6) is 1.75. The van der Waals surface area contributed by atoms with Crippen LogP contribution in [0.1, 0.15) is 52.9 Å². The van der Waals surface area contributed by atoms with E-state index in [9.17, 15) is 0 Å². The van der Waals surface area contributed by atoms with Gasteiger partial charge in [-0.15, -0.1) is 0 Å². The number of likely N-dealkylation sites (N-methyl/N-ethyl adjacent to an activating group) is 1. The highest BCUT2D eigenvalue weighted by Gasteiger charge is 2.30. The lowest BCUT2D eigenvalue weighted by atomic mass is 9.77. The fourth-order valence-electron chi connectivity index (χ4n) is 3.06. The fourth-order valence-corrected chi connectivity index (χ4v) is 3.06. The molecule has 0 aromatic carbocycles. The summed E-state index contributed by atoms with van der Waals surface area (Å²) in [6, 6.07) is 0.553. The normalized spacial score (nSPS) is 30.0. The summed E-state index contributed by atoms with van der Waals surface area (Å²) in [4.78, 5) is 0. The molecule has 0 spiro atoms. The van der Waals surface area contributed by atoms with Crippen molar-refractivity contribution in [1.29, 1.82) is 0 Å². The summed E-state index contributed by atoms with van der Waals surface area (Å²) in [6.45, 7) is 7.54. The molecule has 1 fully saturated rings. The van der Waals surface area contributed by atoms with Gasteiger partial charge in [-0.2, -0.15) is 0 Å². The smallest absolute Gasteiger partial charge is 0.0727 e. The predicted octanol–water partition coefficient (Wildman–Crippen LogP) is 3.22.